The summed E-state index contributed by atoms with van der Waals surface area (Å²) in [6.07, 6.45) is 5.35. The number of rotatable bonds is 10. The third kappa shape index (κ3) is 5.18. The highest BCUT2D eigenvalue weighted by atomic mass is 32.2. The molecule has 0 radical (unpaired) electrons. The van der Waals surface area contributed by atoms with Crippen LogP contribution >= 0.6 is 11.8 Å². The first kappa shape index (κ1) is 21.8. The van der Waals surface area contributed by atoms with Crippen molar-refractivity contribution in [2.75, 3.05) is 26.0 Å². The summed E-state index contributed by atoms with van der Waals surface area (Å²) in [5, 5.41) is 9.47. The van der Waals surface area contributed by atoms with E-state index in [4.69, 9.17) is 4.74 Å². The maximum atomic E-state index is 12.7. The molecule has 3 rings (SSSR count). The van der Waals surface area contributed by atoms with Crippen LogP contribution in [0.1, 0.15) is 26.7 Å². The standard InChI is InChI=1S/C22H27N5O2S/c1-4-14-26(15-5-2)20(28)16-30-22-25-24-21(17-10-12-23-13-11-17)27(22)18-6-8-19(29-3)9-7-18/h6-13H,4-5,14-16H2,1-3H3. The van der Waals surface area contributed by atoms with Gasteiger partial charge in [-0.25, -0.2) is 0 Å². The van der Waals surface area contributed by atoms with E-state index in [9.17, 15) is 4.79 Å². The largest absolute Gasteiger partial charge is 0.497 e. The Labute approximate surface area is 181 Å². The van der Waals surface area contributed by atoms with Crippen molar-refractivity contribution in [2.45, 2.75) is 31.8 Å². The van der Waals surface area contributed by atoms with Gasteiger partial charge in [-0.3, -0.25) is 14.3 Å². The highest BCUT2D eigenvalue weighted by Crippen LogP contribution is 2.28. The fourth-order valence-electron chi connectivity index (χ4n) is 3.13. The van der Waals surface area contributed by atoms with E-state index in [1.165, 1.54) is 11.8 Å². The lowest BCUT2D eigenvalue weighted by Crippen LogP contribution is -2.33. The minimum Gasteiger partial charge on any atom is -0.497 e. The van der Waals surface area contributed by atoms with Crippen molar-refractivity contribution in [3.63, 3.8) is 0 Å². The van der Waals surface area contributed by atoms with E-state index in [-0.39, 0.29) is 5.91 Å². The zero-order valence-corrected chi connectivity index (χ0v) is 18.4. The van der Waals surface area contributed by atoms with Gasteiger partial charge < -0.3 is 9.64 Å². The van der Waals surface area contributed by atoms with Crippen LogP contribution in [0, 0.1) is 0 Å². The van der Waals surface area contributed by atoms with Gasteiger partial charge in [-0.15, -0.1) is 10.2 Å². The monoisotopic (exact) mass is 425 g/mol. The average Bonchev–Trinajstić information content (AvgIpc) is 3.22. The Hall–Kier alpha value is -2.87. The van der Waals surface area contributed by atoms with E-state index in [0.29, 0.717) is 16.7 Å². The Kier molecular flexibility index (Phi) is 7.84. The van der Waals surface area contributed by atoms with Gasteiger partial charge in [0.2, 0.25) is 5.91 Å². The van der Waals surface area contributed by atoms with E-state index < -0.39 is 0 Å². The minimum absolute atomic E-state index is 0.124. The Morgan fingerprint density at radius 3 is 2.30 bits per heavy atom. The van der Waals surface area contributed by atoms with Crippen molar-refractivity contribution in [1.29, 1.82) is 0 Å². The molecule has 0 unspecified atom stereocenters. The van der Waals surface area contributed by atoms with Crippen LogP contribution < -0.4 is 4.74 Å². The van der Waals surface area contributed by atoms with Gasteiger partial charge in [-0.2, -0.15) is 0 Å². The van der Waals surface area contributed by atoms with Gasteiger partial charge in [-0.1, -0.05) is 25.6 Å². The summed E-state index contributed by atoms with van der Waals surface area (Å²) >= 11 is 1.41. The highest BCUT2D eigenvalue weighted by Gasteiger charge is 2.19. The first-order chi connectivity index (χ1) is 14.7. The zero-order chi connectivity index (χ0) is 21.3. The predicted octanol–water partition coefficient (Wildman–Crippen LogP) is 4.08. The molecule has 0 bridgehead atoms. The van der Waals surface area contributed by atoms with Crippen LogP contribution in [0.4, 0.5) is 0 Å². The number of ether oxygens (including phenoxy) is 1. The van der Waals surface area contributed by atoms with Gasteiger partial charge in [-0.05, 0) is 49.2 Å². The van der Waals surface area contributed by atoms with Crippen LogP contribution in [-0.2, 0) is 4.79 Å². The van der Waals surface area contributed by atoms with Crippen LogP contribution in [0.15, 0.2) is 53.9 Å². The fourth-order valence-corrected chi connectivity index (χ4v) is 3.99. The molecule has 0 atom stereocenters. The second-order valence-corrected chi connectivity index (χ2v) is 7.69. The molecule has 0 aliphatic rings. The minimum atomic E-state index is 0.124. The number of hydrogen-bond donors (Lipinski definition) is 0. The van der Waals surface area contributed by atoms with E-state index in [1.807, 2.05) is 45.9 Å². The number of aromatic nitrogens is 4. The van der Waals surface area contributed by atoms with E-state index >= 15 is 0 Å². The summed E-state index contributed by atoms with van der Waals surface area (Å²) in [5.74, 6) is 1.93. The van der Waals surface area contributed by atoms with Crippen LogP contribution in [-0.4, -0.2) is 56.5 Å². The smallest absolute Gasteiger partial charge is 0.233 e. The first-order valence-electron chi connectivity index (χ1n) is 10.1. The Morgan fingerprint density at radius 2 is 1.70 bits per heavy atom. The first-order valence-corrected chi connectivity index (χ1v) is 11.1. The lowest BCUT2D eigenvalue weighted by Gasteiger charge is -2.21. The lowest BCUT2D eigenvalue weighted by atomic mass is 10.2. The van der Waals surface area contributed by atoms with Gasteiger partial charge in [0.25, 0.3) is 0 Å². The van der Waals surface area contributed by atoms with Gasteiger partial charge in [0.1, 0.15) is 5.75 Å². The van der Waals surface area contributed by atoms with Crippen molar-refractivity contribution in [1.82, 2.24) is 24.6 Å². The molecule has 0 aliphatic carbocycles. The molecule has 158 valence electrons. The van der Waals surface area contributed by atoms with Crippen LogP contribution in [0.5, 0.6) is 5.75 Å². The molecule has 0 N–H and O–H groups in total. The van der Waals surface area contributed by atoms with E-state index in [1.54, 1.807) is 19.5 Å². The van der Waals surface area contributed by atoms with Crippen molar-refractivity contribution >= 4 is 17.7 Å². The third-order valence-electron chi connectivity index (χ3n) is 4.57. The molecule has 0 fully saturated rings. The molecule has 1 aromatic carbocycles. The normalized spacial score (nSPS) is 10.8. The summed E-state index contributed by atoms with van der Waals surface area (Å²) in [7, 11) is 1.64. The van der Waals surface area contributed by atoms with Gasteiger partial charge in [0.15, 0.2) is 11.0 Å². The van der Waals surface area contributed by atoms with Crippen LogP contribution in [0.3, 0.4) is 0 Å². The average molecular weight is 426 g/mol. The van der Waals surface area contributed by atoms with Gasteiger partial charge in [0.05, 0.1) is 12.9 Å². The summed E-state index contributed by atoms with van der Waals surface area (Å²) < 4.78 is 7.25. The Bertz CT molecular complexity index is 938. The maximum absolute atomic E-state index is 12.7. The molecule has 0 spiro atoms. The summed E-state index contributed by atoms with van der Waals surface area (Å²) in [6.45, 7) is 5.73. The molecule has 0 aliphatic heterocycles. The maximum Gasteiger partial charge on any atom is 0.233 e. The summed E-state index contributed by atoms with van der Waals surface area (Å²) in [4.78, 5) is 18.7. The molecule has 1 amide bonds. The Morgan fingerprint density at radius 1 is 1.03 bits per heavy atom. The molecule has 2 heterocycles. The quantitative estimate of drug-likeness (QED) is 0.456. The van der Waals surface area contributed by atoms with Gasteiger partial charge >= 0.3 is 0 Å². The van der Waals surface area contributed by atoms with Crippen molar-refractivity contribution in [3.05, 3.63) is 48.8 Å². The molecule has 0 saturated heterocycles. The molecule has 8 heteroatoms. The van der Waals surface area contributed by atoms with Crippen LogP contribution in [0.25, 0.3) is 17.1 Å². The molecular weight excluding hydrogens is 398 g/mol. The zero-order valence-electron chi connectivity index (χ0n) is 17.6. The van der Waals surface area contributed by atoms with E-state index in [0.717, 1.165) is 42.9 Å². The summed E-state index contributed by atoms with van der Waals surface area (Å²) in [6, 6.07) is 11.5. The van der Waals surface area contributed by atoms with Crippen molar-refractivity contribution in [3.8, 4) is 22.8 Å². The van der Waals surface area contributed by atoms with E-state index in [2.05, 4.69) is 29.0 Å². The molecular formula is C22H27N5O2S. The number of nitrogens with zero attached hydrogens (tertiary/aromatic N) is 5. The molecule has 30 heavy (non-hydrogen) atoms. The number of carbonyl (C=O) groups is 1. The number of pyridine rings is 1. The predicted molar refractivity (Wildman–Crippen MR) is 119 cm³/mol. The van der Waals surface area contributed by atoms with Crippen LogP contribution in [0.2, 0.25) is 0 Å². The molecule has 0 saturated carbocycles. The molecule has 3 aromatic rings. The van der Waals surface area contributed by atoms with Crippen molar-refractivity contribution < 1.29 is 9.53 Å². The topological polar surface area (TPSA) is 73.1 Å². The van der Waals surface area contributed by atoms with Gasteiger partial charge in [0, 0.05) is 36.7 Å². The van der Waals surface area contributed by atoms with Crippen molar-refractivity contribution in [2.24, 2.45) is 0 Å². The number of carbonyl (C=O) groups excluding carboxylic acids is 1. The number of benzene rings is 1. The number of hydrogen-bond acceptors (Lipinski definition) is 6. The number of amides is 1. The second kappa shape index (κ2) is 10.8. The second-order valence-electron chi connectivity index (χ2n) is 6.74. The molecule has 7 nitrogen and oxygen atoms in total. The lowest BCUT2D eigenvalue weighted by molar-refractivity contribution is -0.128. The number of methoxy groups -OCH3 is 1. The SMILES string of the molecule is CCCN(CCC)C(=O)CSc1nnc(-c2ccncc2)n1-c1ccc(OC)cc1. The Balaban J connectivity index is 1.90. The third-order valence-corrected chi connectivity index (χ3v) is 5.48. The fraction of sp³-hybridized carbons (Fsp3) is 0.364. The molecule has 2 aromatic heterocycles. The summed E-state index contributed by atoms with van der Waals surface area (Å²) in [5.41, 5.74) is 1.81. The number of thioether (sulfide) groups is 1. The highest BCUT2D eigenvalue weighted by molar-refractivity contribution is 7.99.